The molecule has 0 bridgehead atoms. The van der Waals surface area contributed by atoms with Gasteiger partial charge in [0.05, 0.1) is 28.6 Å². The lowest BCUT2D eigenvalue weighted by atomic mass is 10.2. The van der Waals surface area contributed by atoms with E-state index in [1.54, 1.807) is 11.8 Å². The third kappa shape index (κ3) is 5.32. The number of nitrogens with zero attached hydrogens (tertiary/aromatic N) is 1. The summed E-state index contributed by atoms with van der Waals surface area (Å²) in [6.45, 7) is 2.16. The van der Waals surface area contributed by atoms with E-state index in [-0.39, 0.29) is 29.8 Å². The zero-order valence-corrected chi connectivity index (χ0v) is 15.0. The van der Waals surface area contributed by atoms with Gasteiger partial charge in [-0.3, -0.25) is 9.69 Å². The van der Waals surface area contributed by atoms with Gasteiger partial charge in [-0.2, -0.15) is 13.2 Å². The fourth-order valence-corrected chi connectivity index (χ4v) is 4.75. The van der Waals surface area contributed by atoms with E-state index in [2.05, 4.69) is 5.32 Å². The molecule has 25 heavy (non-hydrogen) atoms. The van der Waals surface area contributed by atoms with Crippen LogP contribution in [-0.2, 0) is 20.8 Å². The van der Waals surface area contributed by atoms with Crippen LogP contribution in [0.2, 0.25) is 5.02 Å². The Labute approximate surface area is 149 Å². The topological polar surface area (TPSA) is 66.5 Å². The third-order valence-electron chi connectivity index (χ3n) is 4.03. The molecule has 1 N–H and O–H groups in total. The van der Waals surface area contributed by atoms with Crippen molar-refractivity contribution in [2.75, 3.05) is 29.9 Å². The molecule has 10 heteroatoms. The van der Waals surface area contributed by atoms with Gasteiger partial charge in [-0.05, 0) is 31.2 Å². The van der Waals surface area contributed by atoms with Crippen LogP contribution in [0.1, 0.15) is 18.9 Å². The first kappa shape index (κ1) is 20.0. The maximum Gasteiger partial charge on any atom is 0.417 e. The second-order valence-electron chi connectivity index (χ2n) is 5.86. The Morgan fingerprint density at radius 2 is 2.08 bits per heavy atom. The number of carbonyl (C=O) groups excluding carboxylic acids is 1. The molecule has 1 atom stereocenters. The van der Waals surface area contributed by atoms with Gasteiger partial charge in [0, 0.05) is 11.7 Å². The molecule has 0 spiro atoms. The van der Waals surface area contributed by atoms with Gasteiger partial charge in [-0.15, -0.1) is 0 Å². The van der Waals surface area contributed by atoms with Gasteiger partial charge in [-0.1, -0.05) is 18.5 Å². The quantitative estimate of drug-likeness (QED) is 0.828. The maximum atomic E-state index is 12.8. The van der Waals surface area contributed by atoms with Gasteiger partial charge in [-0.25, -0.2) is 8.42 Å². The Morgan fingerprint density at radius 1 is 1.40 bits per heavy atom. The summed E-state index contributed by atoms with van der Waals surface area (Å²) in [4.78, 5) is 13.8. The van der Waals surface area contributed by atoms with E-state index in [0.717, 1.165) is 12.1 Å². The van der Waals surface area contributed by atoms with Gasteiger partial charge in [0.15, 0.2) is 9.84 Å². The van der Waals surface area contributed by atoms with Crippen LogP contribution in [0.15, 0.2) is 18.2 Å². The molecule has 0 aliphatic carbocycles. The van der Waals surface area contributed by atoms with E-state index in [9.17, 15) is 26.4 Å². The summed E-state index contributed by atoms with van der Waals surface area (Å²) < 4.78 is 61.6. The van der Waals surface area contributed by atoms with Crippen molar-refractivity contribution in [3.63, 3.8) is 0 Å². The largest absolute Gasteiger partial charge is 0.417 e. The molecule has 2 rings (SSSR count). The van der Waals surface area contributed by atoms with Gasteiger partial charge in [0.1, 0.15) is 0 Å². The molecule has 1 amide bonds. The summed E-state index contributed by atoms with van der Waals surface area (Å²) in [6, 6.07) is 2.88. The molecule has 1 aliphatic rings. The number of amides is 1. The molecule has 1 heterocycles. The Morgan fingerprint density at radius 3 is 2.60 bits per heavy atom. The average molecular weight is 399 g/mol. The molecule has 5 nitrogen and oxygen atoms in total. The first-order chi connectivity index (χ1) is 11.5. The highest BCUT2D eigenvalue weighted by atomic mass is 35.5. The van der Waals surface area contributed by atoms with Crippen LogP contribution in [0.3, 0.4) is 0 Å². The smallest absolute Gasteiger partial charge is 0.325 e. The number of likely N-dealkylation sites (N-methyl/N-ethyl adjacent to an activating group) is 1. The first-order valence-electron chi connectivity index (χ1n) is 7.63. The lowest BCUT2D eigenvalue weighted by molar-refractivity contribution is -0.137. The zero-order valence-electron chi connectivity index (χ0n) is 13.4. The van der Waals surface area contributed by atoms with Gasteiger partial charge in [0.2, 0.25) is 5.91 Å². The lowest BCUT2D eigenvalue weighted by Gasteiger charge is -2.25. The van der Waals surface area contributed by atoms with Crippen molar-refractivity contribution in [1.82, 2.24) is 4.90 Å². The minimum atomic E-state index is -4.62. The average Bonchev–Trinajstić information content (AvgIpc) is 2.85. The van der Waals surface area contributed by atoms with Crippen molar-refractivity contribution in [3.8, 4) is 0 Å². The van der Waals surface area contributed by atoms with E-state index in [0.29, 0.717) is 13.0 Å². The molecule has 0 radical (unpaired) electrons. The predicted octanol–water partition coefficient (Wildman–Crippen LogP) is 2.81. The van der Waals surface area contributed by atoms with Crippen LogP contribution in [0.5, 0.6) is 0 Å². The third-order valence-corrected chi connectivity index (χ3v) is 6.11. The van der Waals surface area contributed by atoms with Gasteiger partial charge < -0.3 is 5.32 Å². The minimum Gasteiger partial charge on any atom is -0.325 e. The van der Waals surface area contributed by atoms with E-state index in [1.165, 1.54) is 6.07 Å². The number of anilines is 1. The predicted molar refractivity (Wildman–Crippen MR) is 89.4 cm³/mol. The van der Waals surface area contributed by atoms with Gasteiger partial charge in [0.25, 0.3) is 0 Å². The van der Waals surface area contributed by atoms with E-state index in [4.69, 9.17) is 11.6 Å². The summed E-state index contributed by atoms with van der Waals surface area (Å²) in [5.74, 6) is -0.434. The minimum absolute atomic E-state index is 0.00666. The summed E-state index contributed by atoms with van der Waals surface area (Å²) in [5, 5.41) is 1.95. The number of sulfone groups is 1. The standard InChI is InChI=1S/C15H18ClF3N2O3S/c1-2-21(11-5-6-25(23,24)9-11)8-14(22)20-10-3-4-13(16)12(7-10)15(17,18)19/h3-4,7,11H,2,5-6,8-9H2,1H3,(H,20,22). The summed E-state index contributed by atoms with van der Waals surface area (Å²) >= 11 is 5.54. The van der Waals surface area contributed by atoms with Crippen LogP contribution >= 0.6 is 11.6 Å². The molecule has 0 saturated carbocycles. The number of hydrogen-bond acceptors (Lipinski definition) is 4. The molecule has 140 valence electrons. The number of hydrogen-bond donors (Lipinski definition) is 1. The first-order valence-corrected chi connectivity index (χ1v) is 9.83. The van der Waals surface area contributed by atoms with E-state index < -0.39 is 32.5 Å². The second kappa shape index (κ2) is 7.51. The van der Waals surface area contributed by atoms with E-state index in [1.807, 2.05) is 0 Å². The molecular formula is C15H18ClF3N2O3S. The highest BCUT2D eigenvalue weighted by molar-refractivity contribution is 7.91. The van der Waals surface area contributed by atoms with Crippen molar-refractivity contribution < 1.29 is 26.4 Å². The van der Waals surface area contributed by atoms with Crippen LogP contribution in [0.25, 0.3) is 0 Å². The molecule has 1 aromatic rings. The van der Waals surface area contributed by atoms with Crippen molar-refractivity contribution in [1.29, 1.82) is 0 Å². The molecule has 1 aliphatic heterocycles. The Bertz CT molecular complexity index is 753. The van der Waals surface area contributed by atoms with Crippen LogP contribution < -0.4 is 5.32 Å². The van der Waals surface area contributed by atoms with Gasteiger partial charge >= 0.3 is 6.18 Å². The number of rotatable bonds is 5. The highest BCUT2D eigenvalue weighted by Crippen LogP contribution is 2.36. The van der Waals surface area contributed by atoms with E-state index >= 15 is 0 Å². The molecule has 1 saturated heterocycles. The molecular weight excluding hydrogens is 381 g/mol. The maximum absolute atomic E-state index is 12.8. The normalized spacial score (nSPS) is 20.0. The number of halogens is 4. The number of benzene rings is 1. The number of nitrogens with one attached hydrogen (secondary N) is 1. The van der Waals surface area contributed by atoms with Crippen molar-refractivity contribution in [2.24, 2.45) is 0 Å². The van der Waals surface area contributed by atoms with Crippen molar-refractivity contribution in [2.45, 2.75) is 25.6 Å². The summed E-state index contributed by atoms with van der Waals surface area (Å²) in [5.41, 5.74) is -1.04. The number of carbonyl (C=O) groups is 1. The zero-order chi connectivity index (χ0) is 18.8. The highest BCUT2D eigenvalue weighted by Gasteiger charge is 2.34. The second-order valence-corrected chi connectivity index (χ2v) is 8.50. The SMILES string of the molecule is CCN(CC(=O)Nc1ccc(Cl)c(C(F)(F)F)c1)C1CCS(=O)(=O)C1. The fourth-order valence-electron chi connectivity index (χ4n) is 2.77. The molecule has 1 fully saturated rings. The Kier molecular flexibility index (Phi) is 6.01. The summed E-state index contributed by atoms with van der Waals surface area (Å²) in [7, 11) is -3.09. The molecule has 1 aromatic carbocycles. The van der Waals surface area contributed by atoms with Crippen LogP contribution in [-0.4, -0.2) is 49.9 Å². The van der Waals surface area contributed by atoms with Crippen molar-refractivity contribution in [3.05, 3.63) is 28.8 Å². The van der Waals surface area contributed by atoms with Crippen LogP contribution in [0.4, 0.5) is 18.9 Å². The summed E-state index contributed by atoms with van der Waals surface area (Å²) in [6.07, 6.45) is -4.17. The Hall–Kier alpha value is -1.32. The molecule has 1 unspecified atom stereocenters. The lowest BCUT2D eigenvalue weighted by Crippen LogP contribution is -2.41. The monoisotopic (exact) mass is 398 g/mol. The number of alkyl halides is 3. The Balaban J connectivity index is 2.04. The van der Waals surface area contributed by atoms with Crippen molar-refractivity contribution >= 4 is 33.0 Å². The van der Waals surface area contributed by atoms with Crippen LogP contribution in [0, 0.1) is 0 Å². The fraction of sp³-hybridized carbons (Fsp3) is 0.533. The molecule has 0 aromatic heterocycles.